The number of aliphatic hydroxyl groups is 1. The highest BCUT2D eigenvalue weighted by atomic mass is 32.2. The summed E-state index contributed by atoms with van der Waals surface area (Å²) >= 11 is 0. The van der Waals surface area contributed by atoms with Gasteiger partial charge in [-0.1, -0.05) is 11.8 Å². The number of anilines is 1. The highest BCUT2D eigenvalue weighted by molar-refractivity contribution is 7.92. The van der Waals surface area contributed by atoms with Crippen molar-refractivity contribution in [1.29, 1.82) is 0 Å². The van der Waals surface area contributed by atoms with Crippen molar-refractivity contribution in [1.82, 2.24) is 9.78 Å². The van der Waals surface area contributed by atoms with E-state index in [1.54, 1.807) is 32.3 Å². The molecule has 0 spiro atoms. The normalized spacial score (nSPS) is 10.8. The van der Waals surface area contributed by atoms with Crippen molar-refractivity contribution in [2.45, 2.75) is 11.8 Å². The maximum absolute atomic E-state index is 12.3. The summed E-state index contributed by atoms with van der Waals surface area (Å²) in [5.74, 6) is 5.30. The average molecular weight is 305 g/mol. The molecule has 0 unspecified atom stereocenters. The predicted octanol–water partition coefficient (Wildman–Crippen LogP) is 0.873. The van der Waals surface area contributed by atoms with Gasteiger partial charge in [0.05, 0.1) is 16.8 Å². The Bertz CT molecular complexity index is 813. The first-order valence-corrected chi connectivity index (χ1v) is 7.62. The van der Waals surface area contributed by atoms with E-state index in [2.05, 4.69) is 21.7 Å². The Morgan fingerprint density at radius 1 is 1.43 bits per heavy atom. The molecule has 1 aromatic carbocycles. The summed E-state index contributed by atoms with van der Waals surface area (Å²) in [5, 5.41) is 12.6. The molecule has 110 valence electrons. The summed E-state index contributed by atoms with van der Waals surface area (Å²) in [6, 6.07) is 4.64. The minimum absolute atomic E-state index is 0.151. The van der Waals surface area contributed by atoms with E-state index in [0.29, 0.717) is 11.3 Å². The van der Waals surface area contributed by atoms with Crippen LogP contribution in [0.2, 0.25) is 0 Å². The fraction of sp³-hybridized carbons (Fsp3) is 0.214. The van der Waals surface area contributed by atoms with Crippen molar-refractivity contribution in [2.75, 3.05) is 11.3 Å². The monoisotopic (exact) mass is 305 g/mol. The van der Waals surface area contributed by atoms with Crippen LogP contribution in [0.3, 0.4) is 0 Å². The Balaban J connectivity index is 2.30. The smallest absolute Gasteiger partial charge is 0.262 e. The third-order valence-corrected chi connectivity index (χ3v) is 4.15. The number of nitrogens with zero attached hydrogens (tertiary/aromatic N) is 2. The van der Waals surface area contributed by atoms with Gasteiger partial charge >= 0.3 is 0 Å². The lowest BCUT2D eigenvalue weighted by Gasteiger charge is -2.07. The van der Waals surface area contributed by atoms with E-state index in [-0.39, 0.29) is 11.5 Å². The van der Waals surface area contributed by atoms with Gasteiger partial charge in [0.1, 0.15) is 6.61 Å². The average Bonchev–Trinajstić information content (AvgIpc) is 2.82. The molecule has 0 saturated heterocycles. The molecule has 0 radical (unpaired) electrons. The predicted molar refractivity (Wildman–Crippen MR) is 79.2 cm³/mol. The lowest BCUT2D eigenvalue weighted by molar-refractivity contribution is 0.350. The zero-order chi connectivity index (χ0) is 15.5. The first-order valence-electron chi connectivity index (χ1n) is 6.14. The van der Waals surface area contributed by atoms with E-state index >= 15 is 0 Å². The molecule has 7 heteroatoms. The first kappa shape index (κ1) is 15.1. The number of aryl methyl sites for hydroxylation is 2. The van der Waals surface area contributed by atoms with Crippen LogP contribution >= 0.6 is 0 Å². The van der Waals surface area contributed by atoms with E-state index in [1.807, 2.05) is 0 Å². The van der Waals surface area contributed by atoms with Gasteiger partial charge in [0, 0.05) is 18.8 Å². The molecular formula is C14H15N3O3S. The molecule has 0 aliphatic carbocycles. The number of aliphatic hydroxyl groups excluding tert-OH is 1. The Kier molecular flexibility index (Phi) is 4.31. The van der Waals surface area contributed by atoms with Gasteiger partial charge in [0.15, 0.2) is 0 Å². The van der Waals surface area contributed by atoms with E-state index in [0.717, 1.165) is 5.56 Å². The van der Waals surface area contributed by atoms with Crippen molar-refractivity contribution in [2.24, 2.45) is 7.05 Å². The molecule has 6 nitrogen and oxygen atoms in total. The molecule has 1 heterocycles. The molecular weight excluding hydrogens is 290 g/mol. The number of hydrogen-bond acceptors (Lipinski definition) is 4. The van der Waals surface area contributed by atoms with Gasteiger partial charge in [-0.2, -0.15) is 5.10 Å². The molecule has 0 fully saturated rings. The molecule has 0 amide bonds. The molecule has 2 rings (SSSR count). The van der Waals surface area contributed by atoms with E-state index in [4.69, 9.17) is 5.11 Å². The number of sulfonamides is 1. The zero-order valence-electron chi connectivity index (χ0n) is 11.7. The van der Waals surface area contributed by atoms with Crippen LogP contribution in [0.25, 0.3) is 0 Å². The lowest BCUT2D eigenvalue weighted by Crippen LogP contribution is -2.12. The van der Waals surface area contributed by atoms with Gasteiger partial charge in [0.2, 0.25) is 0 Å². The van der Waals surface area contributed by atoms with Crippen molar-refractivity contribution in [3.8, 4) is 11.8 Å². The third-order valence-electron chi connectivity index (χ3n) is 2.77. The molecule has 0 aliphatic rings. The van der Waals surface area contributed by atoms with Crippen molar-refractivity contribution < 1.29 is 13.5 Å². The SMILES string of the molecule is Cc1cc(S(=O)(=O)Nc2cnn(C)c2)ccc1C#CCO. The molecule has 2 N–H and O–H groups in total. The number of hydrogen-bond donors (Lipinski definition) is 2. The standard InChI is InChI=1S/C14H15N3O3S/c1-11-8-14(6-5-12(11)4-3-7-18)21(19,20)16-13-9-15-17(2)10-13/h5-6,8-10,16,18H,7H2,1-2H3. The molecule has 0 bridgehead atoms. The van der Waals surface area contributed by atoms with Crippen LogP contribution in [-0.4, -0.2) is 29.9 Å². The van der Waals surface area contributed by atoms with Gasteiger partial charge in [0.25, 0.3) is 10.0 Å². The van der Waals surface area contributed by atoms with Crippen molar-refractivity contribution in [3.63, 3.8) is 0 Å². The van der Waals surface area contributed by atoms with E-state index < -0.39 is 10.0 Å². The topological polar surface area (TPSA) is 84.2 Å². The van der Waals surface area contributed by atoms with Gasteiger partial charge in [-0.3, -0.25) is 9.40 Å². The van der Waals surface area contributed by atoms with Crippen LogP contribution in [0, 0.1) is 18.8 Å². The highest BCUT2D eigenvalue weighted by Crippen LogP contribution is 2.18. The number of nitrogens with one attached hydrogen (secondary N) is 1. The Morgan fingerprint density at radius 2 is 2.19 bits per heavy atom. The maximum atomic E-state index is 12.3. The summed E-state index contributed by atoms with van der Waals surface area (Å²) in [6.45, 7) is 1.53. The Hall–Kier alpha value is -2.30. The van der Waals surface area contributed by atoms with Gasteiger partial charge < -0.3 is 5.11 Å². The fourth-order valence-corrected chi connectivity index (χ4v) is 2.88. The van der Waals surface area contributed by atoms with E-state index in [1.165, 1.54) is 16.9 Å². The minimum atomic E-state index is -3.66. The second-order valence-corrected chi connectivity index (χ2v) is 6.13. The van der Waals surface area contributed by atoms with Crippen LogP contribution in [0.1, 0.15) is 11.1 Å². The number of aromatic nitrogens is 2. The molecule has 21 heavy (non-hydrogen) atoms. The summed E-state index contributed by atoms with van der Waals surface area (Å²) in [6.07, 6.45) is 3.01. The zero-order valence-corrected chi connectivity index (χ0v) is 12.5. The summed E-state index contributed by atoms with van der Waals surface area (Å²) < 4.78 is 28.5. The minimum Gasteiger partial charge on any atom is -0.384 e. The van der Waals surface area contributed by atoms with Crippen LogP contribution in [0.15, 0.2) is 35.5 Å². The molecule has 0 atom stereocenters. The van der Waals surface area contributed by atoms with Crippen LogP contribution in [-0.2, 0) is 17.1 Å². The maximum Gasteiger partial charge on any atom is 0.262 e. The largest absolute Gasteiger partial charge is 0.384 e. The Labute approximate surface area is 123 Å². The van der Waals surface area contributed by atoms with E-state index in [9.17, 15) is 8.42 Å². The highest BCUT2D eigenvalue weighted by Gasteiger charge is 2.15. The van der Waals surface area contributed by atoms with Crippen molar-refractivity contribution in [3.05, 3.63) is 41.7 Å². The number of rotatable bonds is 3. The molecule has 2 aromatic rings. The van der Waals surface area contributed by atoms with Gasteiger partial charge in [-0.25, -0.2) is 8.42 Å². The van der Waals surface area contributed by atoms with Crippen LogP contribution in [0.5, 0.6) is 0 Å². The second kappa shape index (κ2) is 5.99. The third kappa shape index (κ3) is 3.62. The van der Waals surface area contributed by atoms with Crippen LogP contribution in [0.4, 0.5) is 5.69 Å². The molecule has 0 aliphatic heterocycles. The van der Waals surface area contributed by atoms with Crippen molar-refractivity contribution >= 4 is 15.7 Å². The lowest BCUT2D eigenvalue weighted by atomic mass is 10.1. The summed E-state index contributed by atoms with van der Waals surface area (Å²) in [4.78, 5) is 0.151. The quantitative estimate of drug-likeness (QED) is 0.824. The Morgan fingerprint density at radius 3 is 2.76 bits per heavy atom. The first-order chi connectivity index (χ1) is 9.92. The summed E-state index contributed by atoms with van der Waals surface area (Å²) in [5.41, 5.74) is 1.81. The summed E-state index contributed by atoms with van der Waals surface area (Å²) in [7, 11) is -1.96. The fourth-order valence-electron chi connectivity index (χ4n) is 1.77. The molecule has 1 aromatic heterocycles. The van der Waals surface area contributed by atoms with Crippen LogP contribution < -0.4 is 4.72 Å². The van der Waals surface area contributed by atoms with Gasteiger partial charge in [-0.05, 0) is 30.7 Å². The number of benzene rings is 1. The van der Waals surface area contributed by atoms with Gasteiger partial charge in [-0.15, -0.1) is 0 Å². The second-order valence-electron chi connectivity index (χ2n) is 4.44. The molecule has 0 saturated carbocycles.